The van der Waals surface area contributed by atoms with Crippen LogP contribution in [-0.4, -0.2) is 19.2 Å². The molecule has 0 heterocycles. The van der Waals surface area contributed by atoms with Gasteiger partial charge in [-0.2, -0.15) is 0 Å². The number of methoxy groups -OCH3 is 1. The highest BCUT2D eigenvalue weighted by Gasteiger charge is 2.48. The molecule has 0 aromatic heterocycles. The van der Waals surface area contributed by atoms with Gasteiger partial charge in [0.2, 0.25) is 0 Å². The maximum atomic E-state index is 11.7. The molecule has 3 rings (SSSR count). The molecule has 25 heavy (non-hydrogen) atoms. The van der Waals surface area contributed by atoms with Gasteiger partial charge in [-0.25, -0.2) is 4.79 Å². The molecule has 3 atom stereocenters. The Labute approximate surface area is 150 Å². The van der Waals surface area contributed by atoms with Crippen molar-refractivity contribution >= 4 is 5.97 Å². The number of hydrogen-bond acceptors (Lipinski definition) is 3. The second kappa shape index (κ2) is 7.57. The summed E-state index contributed by atoms with van der Waals surface area (Å²) in [4.78, 5) is 11.7. The summed E-state index contributed by atoms with van der Waals surface area (Å²) in [6, 6.07) is 10.3. The molecule has 2 aliphatic carbocycles. The molecule has 0 bridgehead atoms. The van der Waals surface area contributed by atoms with Crippen molar-refractivity contribution < 1.29 is 14.3 Å². The maximum absolute atomic E-state index is 11.7. The molecule has 0 spiro atoms. The Kier molecular flexibility index (Phi) is 5.43. The Morgan fingerprint density at radius 2 is 2.00 bits per heavy atom. The van der Waals surface area contributed by atoms with E-state index in [-0.39, 0.29) is 17.5 Å². The van der Waals surface area contributed by atoms with Crippen LogP contribution in [0.5, 0.6) is 0 Å². The first-order valence-electron chi connectivity index (χ1n) is 9.18. The van der Waals surface area contributed by atoms with E-state index in [1.165, 1.54) is 31.1 Å². The SMILES string of the molecule is COC(=O)C1=CC=C([C@@]2(C)CC[C@@H]2[C@@H](C)OCc2ccccc2)CC1. The third kappa shape index (κ3) is 3.72. The van der Waals surface area contributed by atoms with E-state index in [9.17, 15) is 4.79 Å². The molecule has 0 saturated heterocycles. The van der Waals surface area contributed by atoms with Crippen molar-refractivity contribution in [2.45, 2.75) is 52.2 Å². The average molecular weight is 340 g/mol. The molecule has 134 valence electrons. The van der Waals surface area contributed by atoms with Crippen molar-refractivity contribution in [1.82, 2.24) is 0 Å². The van der Waals surface area contributed by atoms with Crippen molar-refractivity contribution in [3.63, 3.8) is 0 Å². The van der Waals surface area contributed by atoms with Crippen LogP contribution in [0.3, 0.4) is 0 Å². The summed E-state index contributed by atoms with van der Waals surface area (Å²) in [6.07, 6.45) is 8.44. The van der Waals surface area contributed by atoms with Crippen molar-refractivity contribution in [2.24, 2.45) is 11.3 Å². The number of rotatable bonds is 6. The van der Waals surface area contributed by atoms with E-state index in [1.807, 2.05) is 12.1 Å². The molecule has 1 saturated carbocycles. The third-order valence-corrected chi connectivity index (χ3v) is 6.05. The Morgan fingerprint density at radius 1 is 1.24 bits per heavy atom. The normalized spacial score (nSPS) is 26.9. The largest absolute Gasteiger partial charge is 0.466 e. The molecule has 3 heteroatoms. The molecular weight excluding hydrogens is 312 g/mol. The quantitative estimate of drug-likeness (QED) is 0.696. The van der Waals surface area contributed by atoms with E-state index in [4.69, 9.17) is 9.47 Å². The van der Waals surface area contributed by atoms with Crippen molar-refractivity contribution in [3.05, 3.63) is 59.2 Å². The first kappa shape index (κ1) is 17.9. The lowest BCUT2D eigenvalue weighted by molar-refractivity contribution is -0.136. The molecular formula is C22H28O3. The number of carbonyl (C=O) groups excluding carboxylic acids is 1. The van der Waals surface area contributed by atoms with Crippen LogP contribution in [0.2, 0.25) is 0 Å². The number of esters is 1. The van der Waals surface area contributed by atoms with Gasteiger partial charge in [0, 0.05) is 5.57 Å². The first-order valence-corrected chi connectivity index (χ1v) is 9.18. The minimum absolute atomic E-state index is 0.189. The molecule has 2 aliphatic rings. The molecule has 0 radical (unpaired) electrons. The summed E-state index contributed by atoms with van der Waals surface area (Å²) < 4.78 is 11.0. The summed E-state index contributed by atoms with van der Waals surface area (Å²) in [5, 5.41) is 0. The van der Waals surface area contributed by atoms with E-state index in [0.717, 1.165) is 18.4 Å². The molecule has 3 nitrogen and oxygen atoms in total. The summed E-state index contributed by atoms with van der Waals surface area (Å²) in [5.41, 5.74) is 3.64. The highest BCUT2D eigenvalue weighted by Crippen LogP contribution is 2.55. The van der Waals surface area contributed by atoms with Crippen LogP contribution in [0, 0.1) is 11.3 Å². The number of carbonyl (C=O) groups is 1. The molecule has 0 unspecified atom stereocenters. The Bertz CT molecular complexity index is 674. The molecule has 1 aromatic rings. The molecule has 1 fully saturated rings. The van der Waals surface area contributed by atoms with Crippen molar-refractivity contribution in [1.29, 1.82) is 0 Å². The average Bonchev–Trinajstić information content (AvgIpc) is 2.65. The lowest BCUT2D eigenvalue weighted by Gasteiger charge is -2.52. The fourth-order valence-electron chi connectivity index (χ4n) is 4.23. The first-order chi connectivity index (χ1) is 12.0. The van der Waals surface area contributed by atoms with Gasteiger partial charge < -0.3 is 9.47 Å². The Hall–Kier alpha value is -1.87. The minimum atomic E-state index is -0.204. The topological polar surface area (TPSA) is 35.5 Å². The highest BCUT2D eigenvalue weighted by molar-refractivity contribution is 5.89. The second-order valence-corrected chi connectivity index (χ2v) is 7.44. The monoisotopic (exact) mass is 340 g/mol. The van der Waals surface area contributed by atoms with E-state index < -0.39 is 0 Å². The zero-order valence-electron chi connectivity index (χ0n) is 15.5. The van der Waals surface area contributed by atoms with Crippen LogP contribution in [0.25, 0.3) is 0 Å². The van der Waals surface area contributed by atoms with E-state index >= 15 is 0 Å². The van der Waals surface area contributed by atoms with Gasteiger partial charge in [0.1, 0.15) is 0 Å². The third-order valence-electron chi connectivity index (χ3n) is 6.05. The fourth-order valence-corrected chi connectivity index (χ4v) is 4.23. The van der Waals surface area contributed by atoms with E-state index in [1.54, 1.807) is 0 Å². The van der Waals surface area contributed by atoms with Crippen LogP contribution >= 0.6 is 0 Å². The van der Waals surface area contributed by atoms with Gasteiger partial charge in [0.05, 0.1) is 19.8 Å². The van der Waals surface area contributed by atoms with Gasteiger partial charge >= 0.3 is 5.97 Å². The van der Waals surface area contributed by atoms with Crippen LogP contribution in [-0.2, 0) is 20.9 Å². The fraction of sp³-hybridized carbons (Fsp3) is 0.500. The second-order valence-electron chi connectivity index (χ2n) is 7.44. The summed E-state index contributed by atoms with van der Waals surface area (Å²) in [6.45, 7) is 5.22. The number of ether oxygens (including phenoxy) is 2. The van der Waals surface area contributed by atoms with Gasteiger partial charge in [0.15, 0.2) is 0 Å². The highest BCUT2D eigenvalue weighted by atomic mass is 16.5. The van der Waals surface area contributed by atoms with Crippen molar-refractivity contribution in [3.8, 4) is 0 Å². The molecule has 0 amide bonds. The summed E-state index contributed by atoms with van der Waals surface area (Å²) >= 11 is 0. The van der Waals surface area contributed by atoms with Crippen LogP contribution in [0.4, 0.5) is 0 Å². The zero-order chi connectivity index (χ0) is 17.9. The van der Waals surface area contributed by atoms with Crippen LogP contribution in [0.15, 0.2) is 53.6 Å². The maximum Gasteiger partial charge on any atom is 0.333 e. The van der Waals surface area contributed by atoms with Gasteiger partial charge in [0.25, 0.3) is 0 Å². The molecule has 1 aromatic carbocycles. The minimum Gasteiger partial charge on any atom is -0.466 e. The van der Waals surface area contributed by atoms with Gasteiger partial charge in [-0.1, -0.05) is 55.0 Å². The lowest BCUT2D eigenvalue weighted by atomic mass is 9.54. The number of allylic oxidation sites excluding steroid dienone is 3. The lowest BCUT2D eigenvalue weighted by Crippen LogP contribution is -2.46. The van der Waals surface area contributed by atoms with Crippen LogP contribution in [0.1, 0.15) is 45.1 Å². The summed E-state index contributed by atoms with van der Waals surface area (Å²) in [5.74, 6) is 0.334. The predicted molar refractivity (Wildman–Crippen MR) is 98.9 cm³/mol. The number of hydrogen-bond donors (Lipinski definition) is 0. The predicted octanol–water partition coefficient (Wildman–Crippen LogP) is 4.83. The molecule has 0 aliphatic heterocycles. The van der Waals surface area contributed by atoms with Gasteiger partial charge in [-0.05, 0) is 49.5 Å². The Morgan fingerprint density at radius 3 is 2.56 bits per heavy atom. The Balaban J connectivity index is 1.63. The smallest absolute Gasteiger partial charge is 0.333 e. The van der Waals surface area contributed by atoms with Crippen LogP contribution < -0.4 is 0 Å². The summed E-state index contributed by atoms with van der Waals surface area (Å²) in [7, 11) is 1.44. The number of benzene rings is 1. The zero-order valence-corrected chi connectivity index (χ0v) is 15.5. The van der Waals surface area contributed by atoms with E-state index in [2.05, 4.69) is 44.2 Å². The van der Waals surface area contributed by atoms with Gasteiger partial charge in [-0.3, -0.25) is 0 Å². The molecule has 0 N–H and O–H groups in total. The standard InChI is InChI=1S/C22H28O3/c1-16(25-15-17-7-5-4-6-8-17)20-13-14-22(20,2)19-11-9-18(10-12-19)21(23)24-3/h4-9,11,16,20H,10,12-15H2,1-3H3/t16-,20-,22-/m1/s1. The van der Waals surface area contributed by atoms with Crippen molar-refractivity contribution in [2.75, 3.05) is 7.11 Å². The van der Waals surface area contributed by atoms with Gasteiger partial charge in [-0.15, -0.1) is 0 Å². The van der Waals surface area contributed by atoms with E-state index in [0.29, 0.717) is 12.5 Å².